The quantitative estimate of drug-likeness (QED) is 0.819. The van der Waals surface area contributed by atoms with Crippen LogP contribution in [0.15, 0.2) is 24.4 Å². The molecule has 3 heterocycles. The van der Waals surface area contributed by atoms with E-state index in [-0.39, 0.29) is 11.9 Å². The van der Waals surface area contributed by atoms with Gasteiger partial charge in [-0.1, -0.05) is 6.07 Å². The minimum Gasteiger partial charge on any atom is -0.347 e. The molecule has 0 saturated carbocycles. The molecule has 0 unspecified atom stereocenters. The van der Waals surface area contributed by atoms with Crippen LogP contribution in [0.3, 0.4) is 0 Å². The molecule has 18 heavy (non-hydrogen) atoms. The Morgan fingerprint density at radius 3 is 3.17 bits per heavy atom. The molecule has 0 bridgehead atoms. The van der Waals surface area contributed by atoms with E-state index in [4.69, 9.17) is 0 Å². The van der Waals surface area contributed by atoms with Crippen molar-refractivity contribution in [3.8, 4) is 0 Å². The number of aromatic nitrogens is 2. The Labute approximate surface area is 105 Å². The standard InChI is InChI=1S/C13H16N4O/c1-9-12(13(18)15-10-5-6-14-8-10)16-11-4-2-3-7-17(9)11/h2-4,7,10,14H,5-6,8H2,1H3,(H,15,18)/t10-/m0/s1. The average Bonchev–Trinajstić information content (AvgIpc) is 2.98. The molecule has 1 saturated heterocycles. The lowest BCUT2D eigenvalue weighted by Gasteiger charge is -2.09. The molecule has 1 atom stereocenters. The van der Waals surface area contributed by atoms with E-state index < -0.39 is 0 Å². The predicted molar refractivity (Wildman–Crippen MR) is 68.7 cm³/mol. The second-order valence-corrected chi connectivity index (χ2v) is 4.64. The van der Waals surface area contributed by atoms with Gasteiger partial charge in [0.15, 0.2) is 0 Å². The maximum Gasteiger partial charge on any atom is 0.272 e. The third-order valence-corrected chi connectivity index (χ3v) is 3.38. The second-order valence-electron chi connectivity index (χ2n) is 4.64. The SMILES string of the molecule is Cc1c(C(=O)N[C@H]2CCNC2)nc2ccccn12. The van der Waals surface area contributed by atoms with E-state index in [0.717, 1.165) is 30.9 Å². The number of fused-ring (bicyclic) bond motifs is 1. The highest BCUT2D eigenvalue weighted by Gasteiger charge is 2.21. The van der Waals surface area contributed by atoms with Crippen molar-refractivity contribution >= 4 is 11.6 Å². The summed E-state index contributed by atoms with van der Waals surface area (Å²) in [4.78, 5) is 16.6. The fourth-order valence-electron chi connectivity index (χ4n) is 2.37. The first-order valence-corrected chi connectivity index (χ1v) is 6.21. The van der Waals surface area contributed by atoms with Crippen LogP contribution in [0.25, 0.3) is 5.65 Å². The molecule has 3 rings (SSSR count). The average molecular weight is 244 g/mol. The molecule has 2 aromatic rings. The number of carbonyl (C=O) groups is 1. The van der Waals surface area contributed by atoms with Crippen LogP contribution in [0.5, 0.6) is 0 Å². The van der Waals surface area contributed by atoms with Crippen LogP contribution in [0.4, 0.5) is 0 Å². The number of imidazole rings is 1. The highest BCUT2D eigenvalue weighted by atomic mass is 16.2. The van der Waals surface area contributed by atoms with Gasteiger partial charge in [-0.15, -0.1) is 0 Å². The zero-order valence-corrected chi connectivity index (χ0v) is 10.3. The van der Waals surface area contributed by atoms with E-state index in [1.165, 1.54) is 0 Å². The molecule has 5 heteroatoms. The van der Waals surface area contributed by atoms with Crippen LogP contribution >= 0.6 is 0 Å². The number of pyridine rings is 1. The van der Waals surface area contributed by atoms with Gasteiger partial charge in [-0.2, -0.15) is 0 Å². The number of aryl methyl sites for hydroxylation is 1. The molecule has 5 nitrogen and oxygen atoms in total. The Morgan fingerprint density at radius 2 is 2.44 bits per heavy atom. The summed E-state index contributed by atoms with van der Waals surface area (Å²) in [5, 5.41) is 6.25. The van der Waals surface area contributed by atoms with Gasteiger partial charge < -0.3 is 15.0 Å². The Balaban J connectivity index is 1.88. The summed E-state index contributed by atoms with van der Waals surface area (Å²) in [6, 6.07) is 5.98. The van der Waals surface area contributed by atoms with E-state index in [2.05, 4.69) is 15.6 Å². The molecule has 1 fully saturated rings. The van der Waals surface area contributed by atoms with Crippen molar-refractivity contribution in [3.63, 3.8) is 0 Å². The summed E-state index contributed by atoms with van der Waals surface area (Å²) in [5.74, 6) is -0.0788. The fourth-order valence-corrected chi connectivity index (χ4v) is 2.37. The van der Waals surface area contributed by atoms with Gasteiger partial charge in [0.05, 0.1) is 5.69 Å². The number of nitrogens with one attached hydrogen (secondary N) is 2. The second kappa shape index (κ2) is 4.42. The van der Waals surface area contributed by atoms with Gasteiger partial charge in [-0.3, -0.25) is 4.79 Å². The highest BCUT2D eigenvalue weighted by Crippen LogP contribution is 2.12. The summed E-state index contributed by atoms with van der Waals surface area (Å²) in [6.45, 7) is 3.73. The van der Waals surface area contributed by atoms with E-state index in [1.807, 2.05) is 35.7 Å². The summed E-state index contributed by atoms with van der Waals surface area (Å²) in [7, 11) is 0. The lowest BCUT2D eigenvalue weighted by Crippen LogP contribution is -2.36. The van der Waals surface area contributed by atoms with Gasteiger partial charge in [0, 0.05) is 18.8 Å². The number of nitrogens with zero attached hydrogens (tertiary/aromatic N) is 2. The molecule has 0 aromatic carbocycles. The third-order valence-electron chi connectivity index (χ3n) is 3.38. The molecule has 1 aliphatic rings. The number of amides is 1. The van der Waals surface area contributed by atoms with Crippen LogP contribution < -0.4 is 10.6 Å². The van der Waals surface area contributed by atoms with Crippen molar-refractivity contribution in [1.29, 1.82) is 0 Å². The fraction of sp³-hybridized carbons (Fsp3) is 0.385. The largest absolute Gasteiger partial charge is 0.347 e. The summed E-state index contributed by atoms with van der Waals surface area (Å²) in [6.07, 6.45) is 2.91. The molecular formula is C13H16N4O. The van der Waals surface area contributed by atoms with E-state index in [1.54, 1.807) is 0 Å². The number of rotatable bonds is 2. The van der Waals surface area contributed by atoms with Gasteiger partial charge in [0.1, 0.15) is 11.3 Å². The highest BCUT2D eigenvalue weighted by molar-refractivity contribution is 5.94. The Kier molecular flexibility index (Phi) is 2.76. The van der Waals surface area contributed by atoms with Gasteiger partial charge in [0.25, 0.3) is 5.91 Å². The molecule has 2 N–H and O–H groups in total. The minimum atomic E-state index is -0.0788. The number of hydrogen-bond donors (Lipinski definition) is 2. The molecule has 94 valence electrons. The molecule has 0 aliphatic carbocycles. The van der Waals surface area contributed by atoms with Gasteiger partial charge in [-0.05, 0) is 32.0 Å². The first kappa shape index (κ1) is 11.2. The Morgan fingerprint density at radius 1 is 1.56 bits per heavy atom. The van der Waals surface area contributed by atoms with Crippen molar-refractivity contribution in [2.24, 2.45) is 0 Å². The molecule has 0 spiro atoms. The molecule has 0 radical (unpaired) electrons. The lowest BCUT2D eigenvalue weighted by atomic mass is 10.2. The van der Waals surface area contributed by atoms with Crippen molar-refractivity contribution in [2.45, 2.75) is 19.4 Å². The van der Waals surface area contributed by atoms with E-state index in [0.29, 0.717) is 5.69 Å². The topological polar surface area (TPSA) is 58.4 Å². The van der Waals surface area contributed by atoms with Crippen LogP contribution in [0, 0.1) is 6.92 Å². The van der Waals surface area contributed by atoms with Gasteiger partial charge >= 0.3 is 0 Å². The Hall–Kier alpha value is -1.88. The van der Waals surface area contributed by atoms with Gasteiger partial charge in [0.2, 0.25) is 0 Å². The van der Waals surface area contributed by atoms with Crippen LogP contribution in [0.1, 0.15) is 22.6 Å². The first-order chi connectivity index (χ1) is 8.75. The maximum atomic E-state index is 12.2. The zero-order valence-electron chi connectivity index (χ0n) is 10.3. The van der Waals surface area contributed by atoms with Crippen LogP contribution in [-0.2, 0) is 0 Å². The summed E-state index contributed by atoms with van der Waals surface area (Å²) >= 11 is 0. The van der Waals surface area contributed by atoms with E-state index in [9.17, 15) is 4.79 Å². The maximum absolute atomic E-state index is 12.2. The predicted octanol–water partition coefficient (Wildman–Crippen LogP) is 0.734. The van der Waals surface area contributed by atoms with Crippen LogP contribution in [0.2, 0.25) is 0 Å². The lowest BCUT2D eigenvalue weighted by molar-refractivity contribution is 0.0935. The van der Waals surface area contributed by atoms with E-state index >= 15 is 0 Å². The minimum absolute atomic E-state index is 0.0788. The van der Waals surface area contributed by atoms with Crippen molar-refractivity contribution < 1.29 is 4.79 Å². The zero-order chi connectivity index (χ0) is 12.5. The smallest absolute Gasteiger partial charge is 0.272 e. The molecule has 1 amide bonds. The van der Waals surface area contributed by atoms with Crippen molar-refractivity contribution in [1.82, 2.24) is 20.0 Å². The van der Waals surface area contributed by atoms with Crippen molar-refractivity contribution in [3.05, 3.63) is 35.8 Å². The summed E-state index contributed by atoms with van der Waals surface area (Å²) in [5.41, 5.74) is 2.21. The summed E-state index contributed by atoms with van der Waals surface area (Å²) < 4.78 is 1.93. The normalized spacial score (nSPS) is 19.3. The number of carbonyl (C=O) groups excluding carboxylic acids is 1. The third kappa shape index (κ3) is 1.86. The monoisotopic (exact) mass is 244 g/mol. The van der Waals surface area contributed by atoms with Gasteiger partial charge in [-0.25, -0.2) is 4.98 Å². The molecule has 1 aliphatic heterocycles. The number of hydrogen-bond acceptors (Lipinski definition) is 3. The molecule has 2 aromatic heterocycles. The van der Waals surface area contributed by atoms with Crippen molar-refractivity contribution in [2.75, 3.05) is 13.1 Å². The first-order valence-electron chi connectivity index (χ1n) is 6.21. The molecular weight excluding hydrogens is 228 g/mol. The van der Waals surface area contributed by atoms with Crippen LogP contribution in [-0.4, -0.2) is 34.4 Å². The Bertz CT molecular complexity index is 584.